The Morgan fingerprint density at radius 3 is 2.10 bits per heavy atom. The summed E-state index contributed by atoms with van der Waals surface area (Å²) < 4.78 is 31.3. The predicted molar refractivity (Wildman–Crippen MR) is 145 cm³/mol. The van der Waals surface area contributed by atoms with E-state index >= 15 is 0 Å². The van der Waals surface area contributed by atoms with Crippen LogP contribution in [0.3, 0.4) is 0 Å². The number of hydrogen-bond acceptors (Lipinski definition) is 7. The van der Waals surface area contributed by atoms with Crippen LogP contribution in [-0.4, -0.2) is 75.4 Å². The van der Waals surface area contributed by atoms with Gasteiger partial charge in [-0.1, -0.05) is 67.6 Å². The lowest BCUT2D eigenvalue weighted by Crippen LogP contribution is -2.51. The molecule has 2 aromatic carbocycles. The number of sulfone groups is 1. The van der Waals surface area contributed by atoms with Crippen molar-refractivity contribution in [2.24, 2.45) is 5.92 Å². The number of ether oxygens (including phenoxy) is 1. The van der Waals surface area contributed by atoms with Crippen molar-refractivity contribution in [3.05, 3.63) is 71.8 Å². The van der Waals surface area contributed by atoms with Gasteiger partial charge in [0, 0.05) is 32.3 Å². The van der Waals surface area contributed by atoms with Gasteiger partial charge < -0.3 is 20.3 Å². The largest absolute Gasteiger partial charge is 0.378 e. The van der Waals surface area contributed by atoms with Gasteiger partial charge in [0.25, 0.3) is 5.91 Å². The van der Waals surface area contributed by atoms with Crippen LogP contribution >= 0.6 is 0 Å². The van der Waals surface area contributed by atoms with Gasteiger partial charge >= 0.3 is 0 Å². The minimum Gasteiger partial charge on any atom is -0.378 e. The summed E-state index contributed by atoms with van der Waals surface area (Å²) in [5.74, 6) is -4.22. The van der Waals surface area contributed by atoms with E-state index in [0.717, 1.165) is 11.8 Å². The fourth-order valence-electron chi connectivity index (χ4n) is 4.54. The fraction of sp³-hybridized carbons (Fsp3) is 0.429. The van der Waals surface area contributed by atoms with E-state index in [0.29, 0.717) is 31.9 Å². The van der Waals surface area contributed by atoms with Crippen molar-refractivity contribution in [2.75, 3.05) is 32.6 Å². The Labute approximate surface area is 229 Å². The summed E-state index contributed by atoms with van der Waals surface area (Å²) in [6, 6.07) is 16.1. The Morgan fingerprint density at radius 1 is 0.949 bits per heavy atom. The summed E-state index contributed by atoms with van der Waals surface area (Å²) in [4.78, 5) is 53.8. The molecule has 0 radical (unpaired) electrons. The van der Waals surface area contributed by atoms with Crippen molar-refractivity contribution in [1.82, 2.24) is 15.5 Å². The van der Waals surface area contributed by atoms with E-state index in [1.54, 1.807) is 49.4 Å². The molecule has 0 saturated carbocycles. The minimum absolute atomic E-state index is 0.0995. The Bertz CT molecular complexity index is 1250. The van der Waals surface area contributed by atoms with Crippen molar-refractivity contribution in [1.29, 1.82) is 0 Å². The van der Waals surface area contributed by atoms with E-state index in [1.807, 2.05) is 18.2 Å². The van der Waals surface area contributed by atoms with Crippen LogP contribution in [0.1, 0.15) is 36.1 Å². The first-order valence-electron chi connectivity index (χ1n) is 12.9. The van der Waals surface area contributed by atoms with Crippen LogP contribution in [0.15, 0.2) is 60.7 Å². The maximum Gasteiger partial charge on any atom is 0.289 e. The highest BCUT2D eigenvalue weighted by Gasteiger charge is 2.40. The highest BCUT2D eigenvalue weighted by molar-refractivity contribution is 7.91. The number of Topliss-reactive ketones (excluding diaryl/α,β-unsaturated/α-hetero) is 1. The van der Waals surface area contributed by atoms with Gasteiger partial charge in [0.05, 0.1) is 30.4 Å². The number of nitrogens with one attached hydrogen (secondary N) is 2. The average molecular weight is 558 g/mol. The summed E-state index contributed by atoms with van der Waals surface area (Å²) in [6.45, 7) is 3.13. The molecule has 0 spiro atoms. The molecule has 11 heteroatoms. The SMILES string of the molecule is CCC(NC(=O)C(CC(=O)N1CCOCC1)C(c1ccccc1)S(C)(=O)=O)C(=O)C(=O)NCc1ccccc1. The molecule has 3 rings (SSSR count). The molecule has 0 bridgehead atoms. The quantitative estimate of drug-likeness (QED) is 0.376. The number of morpholine rings is 1. The molecule has 2 N–H and O–H groups in total. The first kappa shape index (κ1) is 30.0. The zero-order valence-electron chi connectivity index (χ0n) is 22.2. The molecule has 210 valence electrons. The summed E-state index contributed by atoms with van der Waals surface area (Å²) in [5, 5.41) is 3.79. The highest BCUT2D eigenvalue weighted by atomic mass is 32.2. The number of amides is 3. The van der Waals surface area contributed by atoms with Crippen LogP contribution in [0.2, 0.25) is 0 Å². The normalized spacial score (nSPS) is 16.0. The third kappa shape index (κ3) is 8.46. The number of hydrogen-bond donors (Lipinski definition) is 2. The van der Waals surface area contributed by atoms with E-state index in [9.17, 15) is 27.6 Å². The van der Waals surface area contributed by atoms with Gasteiger partial charge in [0.15, 0.2) is 9.84 Å². The van der Waals surface area contributed by atoms with Gasteiger partial charge in [-0.3, -0.25) is 19.2 Å². The molecular formula is C28H35N3O7S. The monoisotopic (exact) mass is 557 g/mol. The summed E-state index contributed by atoms with van der Waals surface area (Å²) >= 11 is 0. The van der Waals surface area contributed by atoms with Crippen LogP contribution in [-0.2, 0) is 40.3 Å². The van der Waals surface area contributed by atoms with Crippen LogP contribution in [0.25, 0.3) is 0 Å². The molecule has 1 saturated heterocycles. The number of benzene rings is 2. The zero-order valence-corrected chi connectivity index (χ0v) is 23.0. The van der Waals surface area contributed by atoms with Crippen molar-refractivity contribution < 1.29 is 32.3 Å². The smallest absolute Gasteiger partial charge is 0.289 e. The van der Waals surface area contributed by atoms with Gasteiger partial charge in [0.1, 0.15) is 0 Å². The third-order valence-electron chi connectivity index (χ3n) is 6.61. The summed E-state index contributed by atoms with van der Waals surface area (Å²) in [7, 11) is -3.88. The predicted octanol–water partition coefficient (Wildman–Crippen LogP) is 1.42. The summed E-state index contributed by atoms with van der Waals surface area (Å²) in [6.07, 6.45) is 0.731. The lowest BCUT2D eigenvalue weighted by molar-refractivity contribution is -0.142. The second kappa shape index (κ2) is 14.0. The highest BCUT2D eigenvalue weighted by Crippen LogP contribution is 2.33. The number of nitrogens with zero attached hydrogens (tertiary/aromatic N) is 1. The molecule has 2 aromatic rings. The van der Waals surface area contributed by atoms with Crippen LogP contribution in [0.4, 0.5) is 0 Å². The minimum atomic E-state index is -3.88. The molecule has 1 heterocycles. The van der Waals surface area contributed by atoms with Crippen LogP contribution < -0.4 is 10.6 Å². The first-order valence-corrected chi connectivity index (χ1v) is 14.8. The van der Waals surface area contributed by atoms with Crippen molar-refractivity contribution in [3.8, 4) is 0 Å². The lowest BCUT2D eigenvalue weighted by Gasteiger charge is -2.31. The molecule has 3 unspecified atom stereocenters. The third-order valence-corrected chi connectivity index (χ3v) is 8.13. The molecule has 39 heavy (non-hydrogen) atoms. The first-order chi connectivity index (χ1) is 18.6. The Balaban J connectivity index is 1.83. The van der Waals surface area contributed by atoms with E-state index in [4.69, 9.17) is 4.74 Å². The average Bonchev–Trinajstić information content (AvgIpc) is 2.94. The van der Waals surface area contributed by atoms with Gasteiger partial charge in [-0.25, -0.2) is 8.42 Å². The molecule has 0 aliphatic carbocycles. The topological polar surface area (TPSA) is 139 Å². The molecule has 3 amide bonds. The number of carbonyl (C=O) groups excluding carboxylic acids is 4. The number of carbonyl (C=O) groups is 4. The Morgan fingerprint density at radius 2 is 1.54 bits per heavy atom. The van der Waals surface area contributed by atoms with Gasteiger partial charge in [-0.05, 0) is 17.5 Å². The Kier molecular flexibility index (Phi) is 10.8. The molecule has 3 atom stereocenters. The Hall–Kier alpha value is -3.57. The zero-order chi connectivity index (χ0) is 28.4. The molecule has 1 fully saturated rings. The van der Waals surface area contributed by atoms with E-state index in [2.05, 4.69) is 10.6 Å². The van der Waals surface area contributed by atoms with Gasteiger partial charge in [0.2, 0.25) is 17.6 Å². The van der Waals surface area contributed by atoms with Crippen LogP contribution in [0.5, 0.6) is 0 Å². The molecule has 1 aliphatic heterocycles. The molecule has 0 aromatic heterocycles. The molecule has 10 nitrogen and oxygen atoms in total. The maximum absolute atomic E-state index is 13.6. The maximum atomic E-state index is 13.6. The summed E-state index contributed by atoms with van der Waals surface area (Å²) in [5.41, 5.74) is 1.16. The van der Waals surface area contributed by atoms with Gasteiger partial charge in [-0.2, -0.15) is 0 Å². The van der Waals surface area contributed by atoms with E-state index in [-0.39, 0.29) is 25.3 Å². The van der Waals surface area contributed by atoms with E-state index < -0.39 is 44.6 Å². The second-order valence-corrected chi connectivity index (χ2v) is 11.6. The van der Waals surface area contributed by atoms with Crippen molar-refractivity contribution >= 4 is 33.3 Å². The van der Waals surface area contributed by atoms with Crippen molar-refractivity contribution in [2.45, 2.75) is 37.6 Å². The molecular weight excluding hydrogens is 522 g/mol. The standard InChI is InChI=1S/C28H35N3O7S/c1-3-23(25(33)28(35)29-19-20-10-6-4-7-11-20)30-27(34)22(18-24(32)31-14-16-38-17-15-31)26(39(2,36)37)21-12-8-5-9-13-21/h4-13,22-23,26H,3,14-19H2,1-2H3,(H,29,35)(H,30,34). The van der Waals surface area contributed by atoms with E-state index in [1.165, 1.54) is 4.90 Å². The second-order valence-electron chi connectivity index (χ2n) is 9.47. The van der Waals surface area contributed by atoms with Crippen LogP contribution in [0, 0.1) is 5.92 Å². The van der Waals surface area contributed by atoms with Gasteiger partial charge in [-0.15, -0.1) is 0 Å². The number of rotatable bonds is 12. The fourth-order valence-corrected chi connectivity index (χ4v) is 6.01. The lowest BCUT2D eigenvalue weighted by atomic mass is 9.93. The van der Waals surface area contributed by atoms with Crippen molar-refractivity contribution in [3.63, 3.8) is 0 Å². The molecule has 1 aliphatic rings. The number of ketones is 1.